The number of carbonyl (C=O) groups excluding carboxylic acids is 1. The van der Waals surface area contributed by atoms with Gasteiger partial charge in [-0.3, -0.25) is 9.69 Å². The van der Waals surface area contributed by atoms with Crippen molar-refractivity contribution in [1.29, 1.82) is 0 Å². The Labute approximate surface area is 226 Å². The highest BCUT2D eigenvalue weighted by Gasteiger charge is 2.32. The second-order valence-electron chi connectivity index (χ2n) is 8.24. The lowest BCUT2D eigenvalue weighted by atomic mass is 10.1. The molecule has 2 heterocycles. The smallest absolute Gasteiger partial charge is 0.266 e. The molecule has 1 amide bonds. The van der Waals surface area contributed by atoms with Gasteiger partial charge in [0.2, 0.25) is 0 Å². The van der Waals surface area contributed by atoms with Crippen molar-refractivity contribution in [3.63, 3.8) is 0 Å². The summed E-state index contributed by atoms with van der Waals surface area (Å²) in [5, 5.41) is 5.37. The minimum absolute atomic E-state index is 0.0998. The van der Waals surface area contributed by atoms with Crippen LogP contribution in [0.25, 0.3) is 23.0 Å². The van der Waals surface area contributed by atoms with Gasteiger partial charge in [-0.15, -0.1) is 0 Å². The average Bonchev–Trinajstić information content (AvgIpc) is 3.42. The Kier molecular flexibility index (Phi) is 9.20. The van der Waals surface area contributed by atoms with E-state index in [9.17, 15) is 4.79 Å². The van der Waals surface area contributed by atoms with Crippen molar-refractivity contribution >= 4 is 51.9 Å². The molecule has 0 bridgehead atoms. The summed E-state index contributed by atoms with van der Waals surface area (Å²) in [6.45, 7) is 3.84. The van der Waals surface area contributed by atoms with E-state index in [0.717, 1.165) is 36.1 Å². The molecule has 0 aliphatic carbocycles. The molecule has 0 N–H and O–H groups in total. The highest BCUT2D eigenvalue weighted by molar-refractivity contribution is 8.26. The normalized spacial score (nSPS) is 14.8. The maximum atomic E-state index is 13.1. The van der Waals surface area contributed by atoms with Gasteiger partial charge in [-0.05, 0) is 49.2 Å². The number of rotatable bonds is 11. The van der Waals surface area contributed by atoms with Gasteiger partial charge in [-0.25, -0.2) is 4.68 Å². The number of nitrogens with zero attached hydrogens (tertiary/aromatic N) is 3. The van der Waals surface area contributed by atoms with Crippen LogP contribution in [-0.4, -0.2) is 51.8 Å². The van der Waals surface area contributed by atoms with E-state index in [1.165, 1.54) is 11.8 Å². The minimum atomic E-state index is -0.0998. The highest BCUT2D eigenvalue weighted by Crippen LogP contribution is 2.36. The molecule has 0 atom stereocenters. The molecule has 1 aliphatic rings. The zero-order valence-corrected chi connectivity index (χ0v) is 22.7. The zero-order valence-electron chi connectivity index (χ0n) is 20.3. The van der Waals surface area contributed by atoms with Crippen LogP contribution >= 0.6 is 35.6 Å². The number of benzene rings is 2. The van der Waals surface area contributed by atoms with E-state index in [1.807, 2.05) is 60.8 Å². The van der Waals surface area contributed by atoms with Gasteiger partial charge in [-0.1, -0.05) is 67.1 Å². The van der Waals surface area contributed by atoms with Crippen LogP contribution < -0.4 is 4.74 Å². The lowest BCUT2D eigenvalue weighted by Crippen LogP contribution is -2.29. The first-order valence-corrected chi connectivity index (χ1v) is 13.4. The second kappa shape index (κ2) is 12.5. The molecule has 1 saturated heterocycles. The Morgan fingerprint density at radius 1 is 1.14 bits per heavy atom. The van der Waals surface area contributed by atoms with Gasteiger partial charge in [0.1, 0.15) is 15.8 Å². The molecular weight excluding hydrogens is 514 g/mol. The van der Waals surface area contributed by atoms with Crippen LogP contribution in [0.3, 0.4) is 0 Å². The number of halogens is 1. The molecule has 0 spiro atoms. The lowest BCUT2D eigenvalue weighted by molar-refractivity contribution is -0.122. The largest absolute Gasteiger partial charge is 0.492 e. The summed E-state index contributed by atoms with van der Waals surface area (Å²) in [5.74, 6) is 0.548. The van der Waals surface area contributed by atoms with Crippen molar-refractivity contribution < 1.29 is 14.3 Å². The van der Waals surface area contributed by atoms with Gasteiger partial charge >= 0.3 is 0 Å². The Bertz CT molecular complexity index is 1260. The first-order chi connectivity index (χ1) is 17.5. The predicted molar refractivity (Wildman–Crippen MR) is 151 cm³/mol. The number of carbonyl (C=O) groups is 1. The molecule has 2 aromatic carbocycles. The van der Waals surface area contributed by atoms with Gasteiger partial charge in [0.05, 0.1) is 22.2 Å². The maximum Gasteiger partial charge on any atom is 0.266 e. The molecule has 9 heteroatoms. The van der Waals surface area contributed by atoms with Crippen molar-refractivity contribution in [1.82, 2.24) is 14.7 Å². The van der Waals surface area contributed by atoms with E-state index in [1.54, 1.807) is 16.7 Å². The molecule has 36 heavy (non-hydrogen) atoms. The quantitative estimate of drug-likeness (QED) is 0.155. The number of hydrogen-bond donors (Lipinski definition) is 0. The van der Waals surface area contributed by atoms with Crippen molar-refractivity contribution in [3.8, 4) is 22.7 Å². The number of hydrogen-bond acceptors (Lipinski definition) is 6. The van der Waals surface area contributed by atoms with Crippen LogP contribution in [0.2, 0.25) is 5.02 Å². The molecule has 3 aromatic rings. The van der Waals surface area contributed by atoms with Crippen molar-refractivity contribution in [2.24, 2.45) is 0 Å². The Morgan fingerprint density at radius 2 is 1.94 bits per heavy atom. The fraction of sp³-hybridized carbons (Fsp3) is 0.296. The first kappa shape index (κ1) is 26.4. The molecule has 0 saturated carbocycles. The molecule has 1 aliphatic heterocycles. The SMILES string of the molecule is CCCCOc1ccc(-c2nn(-c3ccccc3)cc2C=C2SC(=S)N(CCCOC)C2=O)cc1Cl. The number of thiocarbonyl (C=S) groups is 1. The fourth-order valence-corrected chi connectivity index (χ4v) is 5.26. The Morgan fingerprint density at radius 3 is 2.67 bits per heavy atom. The third-order valence-electron chi connectivity index (χ3n) is 5.61. The number of methoxy groups -OCH3 is 1. The van der Waals surface area contributed by atoms with E-state index in [2.05, 4.69) is 6.92 Å². The van der Waals surface area contributed by atoms with E-state index < -0.39 is 0 Å². The van der Waals surface area contributed by atoms with Crippen LogP contribution in [0.5, 0.6) is 5.75 Å². The van der Waals surface area contributed by atoms with E-state index in [-0.39, 0.29) is 5.91 Å². The molecule has 188 valence electrons. The summed E-state index contributed by atoms with van der Waals surface area (Å²) in [4.78, 5) is 15.3. The van der Waals surface area contributed by atoms with Crippen LogP contribution in [0.4, 0.5) is 0 Å². The summed E-state index contributed by atoms with van der Waals surface area (Å²) < 4.78 is 13.3. The molecule has 0 radical (unpaired) electrons. The van der Waals surface area contributed by atoms with Gasteiger partial charge in [0, 0.05) is 37.6 Å². The Balaban J connectivity index is 1.69. The van der Waals surface area contributed by atoms with Gasteiger partial charge < -0.3 is 9.47 Å². The summed E-state index contributed by atoms with van der Waals surface area (Å²) in [6, 6.07) is 15.5. The van der Waals surface area contributed by atoms with Crippen LogP contribution in [-0.2, 0) is 9.53 Å². The lowest BCUT2D eigenvalue weighted by Gasteiger charge is -2.13. The fourth-order valence-electron chi connectivity index (χ4n) is 3.72. The molecule has 4 rings (SSSR count). The zero-order chi connectivity index (χ0) is 25.5. The minimum Gasteiger partial charge on any atom is -0.492 e. The number of aromatic nitrogens is 2. The molecule has 1 fully saturated rings. The van der Waals surface area contributed by atoms with Gasteiger partial charge in [0.25, 0.3) is 5.91 Å². The monoisotopic (exact) mass is 541 g/mol. The van der Waals surface area contributed by atoms with E-state index >= 15 is 0 Å². The highest BCUT2D eigenvalue weighted by atomic mass is 35.5. The molecule has 0 unspecified atom stereocenters. The Hall–Kier alpha value is -2.65. The van der Waals surface area contributed by atoms with Crippen molar-refractivity contribution in [2.75, 3.05) is 26.9 Å². The number of para-hydroxylation sites is 1. The molecule has 1 aromatic heterocycles. The van der Waals surface area contributed by atoms with Crippen LogP contribution in [0, 0.1) is 0 Å². The van der Waals surface area contributed by atoms with E-state index in [4.69, 9.17) is 38.4 Å². The summed E-state index contributed by atoms with van der Waals surface area (Å²) in [6.07, 6.45) is 6.51. The van der Waals surface area contributed by atoms with Crippen LogP contribution in [0.15, 0.2) is 59.6 Å². The third kappa shape index (κ3) is 6.18. The summed E-state index contributed by atoms with van der Waals surface area (Å²) >= 11 is 13.3. The maximum absolute atomic E-state index is 13.1. The average molecular weight is 542 g/mol. The van der Waals surface area contributed by atoms with Crippen molar-refractivity contribution in [3.05, 3.63) is 70.2 Å². The van der Waals surface area contributed by atoms with Gasteiger partial charge in [-0.2, -0.15) is 5.10 Å². The predicted octanol–water partition coefficient (Wildman–Crippen LogP) is 6.61. The second-order valence-corrected chi connectivity index (χ2v) is 10.3. The number of unbranched alkanes of at least 4 members (excludes halogenated alkanes) is 1. The standard InChI is InChI=1S/C27H28ClN3O3S2/c1-3-4-15-34-23-12-11-19(16-22(23)28)25-20(18-31(29-25)21-9-6-5-7-10-21)17-24-26(32)30(27(35)36-24)13-8-14-33-2/h5-7,9-12,16-18H,3-4,8,13-15H2,1-2H3. The van der Waals surface area contributed by atoms with E-state index in [0.29, 0.717) is 45.5 Å². The van der Waals surface area contributed by atoms with Gasteiger partial charge in [0.15, 0.2) is 0 Å². The summed E-state index contributed by atoms with van der Waals surface area (Å²) in [7, 11) is 1.65. The molecule has 6 nitrogen and oxygen atoms in total. The first-order valence-electron chi connectivity index (χ1n) is 11.8. The topological polar surface area (TPSA) is 56.6 Å². The number of amides is 1. The molecular formula is C27H28ClN3O3S2. The number of thioether (sulfide) groups is 1. The van der Waals surface area contributed by atoms with Crippen molar-refractivity contribution in [2.45, 2.75) is 26.2 Å². The van der Waals surface area contributed by atoms with Crippen LogP contribution in [0.1, 0.15) is 31.7 Å². The number of ether oxygens (including phenoxy) is 2. The third-order valence-corrected chi connectivity index (χ3v) is 7.29. The summed E-state index contributed by atoms with van der Waals surface area (Å²) in [5.41, 5.74) is 3.26.